The summed E-state index contributed by atoms with van der Waals surface area (Å²) in [5.41, 5.74) is -1.14. The summed E-state index contributed by atoms with van der Waals surface area (Å²) in [4.78, 5) is 28.1. The van der Waals surface area contributed by atoms with E-state index >= 15 is 0 Å². The largest absolute Gasteiger partial charge is 0.465 e. The summed E-state index contributed by atoms with van der Waals surface area (Å²) in [6, 6.07) is 0.170. The molecule has 6 nitrogen and oxygen atoms in total. The number of nitrogens with zero attached hydrogens (tertiary/aromatic N) is 1. The van der Waals surface area contributed by atoms with E-state index in [1.54, 1.807) is 0 Å². The van der Waals surface area contributed by atoms with Gasteiger partial charge in [0.25, 0.3) is 0 Å². The van der Waals surface area contributed by atoms with Crippen LogP contribution in [0.5, 0.6) is 0 Å². The molecule has 0 aliphatic carbocycles. The lowest BCUT2D eigenvalue weighted by molar-refractivity contribution is -0.144. The Labute approximate surface area is 146 Å². The first-order chi connectivity index (χ1) is 12.3. The summed E-state index contributed by atoms with van der Waals surface area (Å²) in [6.45, 7) is 1.23. The van der Waals surface area contributed by atoms with Crippen molar-refractivity contribution in [3.63, 3.8) is 0 Å². The molecule has 1 aromatic rings. The van der Waals surface area contributed by atoms with Crippen LogP contribution in [-0.2, 0) is 19.0 Å². The van der Waals surface area contributed by atoms with Gasteiger partial charge in [-0.3, -0.25) is 14.6 Å². The SMILES string of the molecule is CCOC(=O)C(C=NCC(OC)OC)C(=O)c1cc(F)c(F)c(F)c1F. The van der Waals surface area contributed by atoms with E-state index in [1.807, 2.05) is 0 Å². The number of ketones is 1. The number of methoxy groups -OCH3 is 2. The Morgan fingerprint density at radius 3 is 2.27 bits per heavy atom. The van der Waals surface area contributed by atoms with Crippen molar-refractivity contribution in [1.82, 2.24) is 0 Å². The van der Waals surface area contributed by atoms with Gasteiger partial charge in [-0.15, -0.1) is 0 Å². The fourth-order valence-corrected chi connectivity index (χ4v) is 1.88. The third-order valence-electron chi connectivity index (χ3n) is 3.23. The first-order valence-electron chi connectivity index (χ1n) is 7.37. The number of aliphatic imine (C=N–C) groups is 1. The number of hydrogen-bond acceptors (Lipinski definition) is 6. The topological polar surface area (TPSA) is 74.2 Å². The molecule has 144 valence electrons. The van der Waals surface area contributed by atoms with Crippen molar-refractivity contribution in [3.05, 3.63) is 34.9 Å². The summed E-state index contributed by atoms with van der Waals surface area (Å²) < 4.78 is 67.9. The predicted molar refractivity (Wildman–Crippen MR) is 81.9 cm³/mol. The number of rotatable bonds is 9. The van der Waals surface area contributed by atoms with E-state index in [-0.39, 0.29) is 19.2 Å². The molecule has 0 heterocycles. The minimum atomic E-state index is -2.16. The van der Waals surface area contributed by atoms with Crippen LogP contribution in [-0.4, -0.2) is 51.6 Å². The third kappa shape index (κ3) is 5.09. The number of carbonyl (C=O) groups excluding carboxylic acids is 2. The van der Waals surface area contributed by atoms with Crippen molar-refractivity contribution in [3.8, 4) is 0 Å². The number of Topliss-reactive ketones (excluding diaryl/α,β-unsaturated/α-hetero) is 1. The molecule has 0 aromatic heterocycles. The van der Waals surface area contributed by atoms with E-state index in [0.29, 0.717) is 0 Å². The second-order valence-electron chi connectivity index (χ2n) is 4.86. The fraction of sp³-hybridized carbons (Fsp3) is 0.438. The maximum atomic E-state index is 13.8. The van der Waals surface area contributed by atoms with Gasteiger partial charge in [0.15, 0.2) is 41.3 Å². The van der Waals surface area contributed by atoms with Gasteiger partial charge in [-0.1, -0.05) is 0 Å². The molecule has 26 heavy (non-hydrogen) atoms. The summed E-state index contributed by atoms with van der Waals surface area (Å²) >= 11 is 0. The zero-order chi connectivity index (χ0) is 19.9. The smallest absolute Gasteiger partial charge is 0.322 e. The van der Waals surface area contributed by atoms with Crippen molar-refractivity contribution in [1.29, 1.82) is 0 Å². The molecular weight excluding hydrogens is 362 g/mol. The van der Waals surface area contributed by atoms with Gasteiger partial charge in [-0.05, 0) is 13.0 Å². The monoisotopic (exact) mass is 379 g/mol. The molecule has 0 aliphatic heterocycles. The van der Waals surface area contributed by atoms with Gasteiger partial charge in [0.05, 0.1) is 18.7 Å². The molecule has 0 bridgehead atoms. The Balaban J connectivity index is 3.21. The molecule has 0 saturated carbocycles. The third-order valence-corrected chi connectivity index (χ3v) is 3.23. The molecule has 1 aromatic carbocycles. The Bertz CT molecular complexity index is 692. The Hall–Kier alpha value is -2.33. The molecule has 0 radical (unpaired) electrons. The van der Waals surface area contributed by atoms with Crippen molar-refractivity contribution >= 4 is 18.0 Å². The van der Waals surface area contributed by atoms with E-state index in [1.165, 1.54) is 21.1 Å². The quantitative estimate of drug-likeness (QED) is 0.0962. The summed E-state index contributed by atoms with van der Waals surface area (Å²) in [5.74, 6) is -12.2. The Morgan fingerprint density at radius 1 is 1.12 bits per heavy atom. The van der Waals surface area contributed by atoms with Crippen LogP contribution < -0.4 is 0 Å². The van der Waals surface area contributed by atoms with Crippen LogP contribution in [0, 0.1) is 29.2 Å². The molecule has 1 unspecified atom stereocenters. The van der Waals surface area contributed by atoms with Crippen LogP contribution in [0.2, 0.25) is 0 Å². The average molecular weight is 379 g/mol. The number of ether oxygens (including phenoxy) is 3. The second-order valence-corrected chi connectivity index (χ2v) is 4.86. The maximum absolute atomic E-state index is 13.8. The van der Waals surface area contributed by atoms with E-state index in [2.05, 4.69) is 9.73 Å². The summed E-state index contributed by atoms with van der Waals surface area (Å²) in [6.07, 6.45) is 0.0471. The molecule has 0 fully saturated rings. The maximum Gasteiger partial charge on any atom is 0.322 e. The Kier molecular flexibility index (Phi) is 8.33. The van der Waals surface area contributed by atoms with Crippen LogP contribution in [0.4, 0.5) is 17.6 Å². The average Bonchev–Trinajstić information content (AvgIpc) is 2.62. The van der Waals surface area contributed by atoms with Crippen LogP contribution in [0.15, 0.2) is 11.1 Å². The van der Waals surface area contributed by atoms with Crippen molar-refractivity contribution in [2.45, 2.75) is 13.2 Å². The number of benzene rings is 1. The first kappa shape index (κ1) is 21.7. The molecular formula is C16H17F4NO5. The van der Waals surface area contributed by atoms with Gasteiger partial charge >= 0.3 is 5.97 Å². The highest BCUT2D eigenvalue weighted by atomic mass is 19.2. The predicted octanol–water partition coefficient (Wildman–Crippen LogP) is 2.29. The highest BCUT2D eigenvalue weighted by Crippen LogP contribution is 2.21. The van der Waals surface area contributed by atoms with Gasteiger partial charge in [0.2, 0.25) is 0 Å². The minimum absolute atomic E-state index is 0.107. The lowest BCUT2D eigenvalue weighted by atomic mass is 9.97. The van der Waals surface area contributed by atoms with Crippen molar-refractivity contribution < 1.29 is 41.4 Å². The normalized spacial score (nSPS) is 12.6. The highest BCUT2D eigenvalue weighted by Gasteiger charge is 2.32. The number of carbonyl (C=O) groups is 2. The molecule has 0 N–H and O–H groups in total. The van der Waals surface area contributed by atoms with E-state index in [4.69, 9.17) is 9.47 Å². The zero-order valence-electron chi connectivity index (χ0n) is 14.2. The fourth-order valence-electron chi connectivity index (χ4n) is 1.88. The standard InChI is InChI=1S/C16H17F4NO5/c1-4-26-16(23)9(6-21-7-11(24-2)25-3)15(22)8-5-10(17)13(19)14(20)12(8)18/h5-6,9,11H,4,7H2,1-3H3. The van der Waals surface area contributed by atoms with E-state index < -0.39 is 52.8 Å². The van der Waals surface area contributed by atoms with Gasteiger partial charge < -0.3 is 14.2 Å². The molecule has 10 heteroatoms. The van der Waals surface area contributed by atoms with Gasteiger partial charge in [0, 0.05) is 20.4 Å². The molecule has 0 aliphatic rings. The van der Waals surface area contributed by atoms with Gasteiger partial charge in [0.1, 0.15) is 0 Å². The van der Waals surface area contributed by atoms with Crippen LogP contribution in [0.3, 0.4) is 0 Å². The van der Waals surface area contributed by atoms with E-state index in [9.17, 15) is 27.2 Å². The van der Waals surface area contributed by atoms with Gasteiger partial charge in [-0.25, -0.2) is 17.6 Å². The number of halogens is 4. The Morgan fingerprint density at radius 2 is 1.73 bits per heavy atom. The highest BCUT2D eigenvalue weighted by molar-refractivity contribution is 6.18. The lowest BCUT2D eigenvalue weighted by Crippen LogP contribution is -2.29. The minimum Gasteiger partial charge on any atom is -0.465 e. The molecule has 0 saturated heterocycles. The second kappa shape index (κ2) is 9.97. The summed E-state index contributed by atoms with van der Waals surface area (Å²) in [7, 11) is 2.66. The van der Waals surface area contributed by atoms with Crippen LogP contribution in [0.1, 0.15) is 17.3 Å². The molecule has 0 amide bonds. The molecule has 0 spiro atoms. The first-order valence-corrected chi connectivity index (χ1v) is 7.37. The van der Waals surface area contributed by atoms with Gasteiger partial charge in [-0.2, -0.15) is 0 Å². The zero-order valence-corrected chi connectivity index (χ0v) is 14.2. The summed E-state index contributed by atoms with van der Waals surface area (Å²) in [5, 5.41) is 0. The van der Waals surface area contributed by atoms with Crippen molar-refractivity contribution in [2.24, 2.45) is 10.9 Å². The number of esters is 1. The lowest BCUT2D eigenvalue weighted by Gasteiger charge is -2.13. The molecule has 1 rings (SSSR count). The van der Waals surface area contributed by atoms with Crippen molar-refractivity contribution in [2.75, 3.05) is 27.4 Å². The molecule has 1 atom stereocenters. The van der Waals surface area contributed by atoms with Crippen LogP contribution in [0.25, 0.3) is 0 Å². The van der Waals surface area contributed by atoms with E-state index in [0.717, 1.165) is 6.21 Å². The van der Waals surface area contributed by atoms with Crippen LogP contribution >= 0.6 is 0 Å². The number of hydrogen-bond donors (Lipinski definition) is 0.